The van der Waals surface area contributed by atoms with Crippen molar-refractivity contribution in [2.24, 2.45) is 0 Å². The Kier molecular flexibility index (Phi) is 4.67. The molecule has 0 spiro atoms. The van der Waals surface area contributed by atoms with E-state index in [2.05, 4.69) is 0 Å². The van der Waals surface area contributed by atoms with Gasteiger partial charge in [0.05, 0.1) is 19.3 Å². The molecule has 2 rings (SSSR count). The minimum absolute atomic E-state index is 0.00191. The number of anilines is 1. The van der Waals surface area contributed by atoms with Crippen LogP contribution >= 0.6 is 0 Å². The first-order chi connectivity index (χ1) is 10.0. The highest BCUT2D eigenvalue weighted by molar-refractivity contribution is 5.92. The van der Waals surface area contributed by atoms with Crippen molar-refractivity contribution in [2.75, 3.05) is 32.5 Å². The summed E-state index contributed by atoms with van der Waals surface area (Å²) in [5.74, 6) is 0.573. The maximum absolute atomic E-state index is 12.1. The van der Waals surface area contributed by atoms with Crippen LogP contribution in [0.15, 0.2) is 18.2 Å². The summed E-state index contributed by atoms with van der Waals surface area (Å²) >= 11 is 0. The lowest BCUT2D eigenvalue weighted by atomic mass is 10.1. The predicted octanol–water partition coefficient (Wildman–Crippen LogP) is 0.858. The number of piperazine rings is 1. The third kappa shape index (κ3) is 3.45. The van der Waals surface area contributed by atoms with Crippen LogP contribution in [0.1, 0.15) is 18.9 Å². The van der Waals surface area contributed by atoms with Gasteiger partial charge < -0.3 is 20.3 Å². The molecule has 0 atom stereocenters. The maximum Gasteiger partial charge on any atom is 0.242 e. The van der Waals surface area contributed by atoms with Crippen molar-refractivity contribution in [3.05, 3.63) is 23.8 Å². The van der Waals surface area contributed by atoms with E-state index in [9.17, 15) is 9.59 Å². The number of nitrogen functional groups attached to an aromatic ring is 1. The standard InChI is InChI=1S/C15H21N3O3/c1-3-6-17-9-15(20)18(10-14(17)19)8-11-4-5-13(21-2)12(16)7-11/h4-5,7H,3,6,8-10,16H2,1-2H3. The van der Waals surface area contributed by atoms with E-state index in [1.807, 2.05) is 13.0 Å². The van der Waals surface area contributed by atoms with E-state index >= 15 is 0 Å². The number of rotatable bonds is 5. The summed E-state index contributed by atoms with van der Waals surface area (Å²) in [6, 6.07) is 5.39. The van der Waals surface area contributed by atoms with Crippen molar-refractivity contribution in [1.82, 2.24) is 9.80 Å². The zero-order valence-corrected chi connectivity index (χ0v) is 12.5. The Morgan fingerprint density at radius 2 is 1.86 bits per heavy atom. The van der Waals surface area contributed by atoms with Crippen LogP contribution in [0.2, 0.25) is 0 Å². The second-order valence-electron chi connectivity index (χ2n) is 5.14. The fraction of sp³-hybridized carbons (Fsp3) is 0.467. The molecule has 1 fully saturated rings. The summed E-state index contributed by atoms with van der Waals surface area (Å²) in [4.78, 5) is 27.3. The minimum Gasteiger partial charge on any atom is -0.495 e. The summed E-state index contributed by atoms with van der Waals surface area (Å²) < 4.78 is 5.10. The van der Waals surface area contributed by atoms with Gasteiger partial charge >= 0.3 is 0 Å². The molecule has 6 nitrogen and oxygen atoms in total. The molecule has 0 bridgehead atoms. The van der Waals surface area contributed by atoms with Crippen LogP contribution < -0.4 is 10.5 Å². The quantitative estimate of drug-likeness (QED) is 0.816. The van der Waals surface area contributed by atoms with Crippen LogP contribution in [0.5, 0.6) is 5.75 Å². The molecule has 1 aliphatic heterocycles. The smallest absolute Gasteiger partial charge is 0.242 e. The molecule has 1 aromatic rings. The van der Waals surface area contributed by atoms with Crippen molar-refractivity contribution in [3.63, 3.8) is 0 Å². The van der Waals surface area contributed by atoms with Crippen LogP contribution in [0.4, 0.5) is 5.69 Å². The third-order valence-corrected chi connectivity index (χ3v) is 3.52. The number of carbonyl (C=O) groups is 2. The Hall–Kier alpha value is -2.24. The van der Waals surface area contributed by atoms with Crippen LogP contribution in [0.25, 0.3) is 0 Å². The van der Waals surface area contributed by atoms with Gasteiger partial charge in [0, 0.05) is 13.1 Å². The number of methoxy groups -OCH3 is 1. The average molecular weight is 291 g/mol. The molecular weight excluding hydrogens is 270 g/mol. The molecular formula is C15H21N3O3. The number of nitrogens with zero attached hydrogens (tertiary/aromatic N) is 2. The predicted molar refractivity (Wildman–Crippen MR) is 79.7 cm³/mol. The average Bonchev–Trinajstić information content (AvgIpc) is 2.45. The summed E-state index contributed by atoms with van der Waals surface area (Å²) in [5.41, 5.74) is 7.27. The fourth-order valence-corrected chi connectivity index (χ4v) is 2.42. The second kappa shape index (κ2) is 6.47. The minimum atomic E-state index is -0.0301. The molecule has 21 heavy (non-hydrogen) atoms. The van der Waals surface area contributed by atoms with Gasteiger partial charge in [0.15, 0.2) is 0 Å². The fourth-order valence-electron chi connectivity index (χ4n) is 2.42. The first-order valence-electron chi connectivity index (χ1n) is 7.03. The van der Waals surface area contributed by atoms with Gasteiger partial charge in [-0.15, -0.1) is 0 Å². The first-order valence-corrected chi connectivity index (χ1v) is 7.03. The summed E-state index contributed by atoms with van der Waals surface area (Å²) in [6.45, 7) is 3.31. The maximum atomic E-state index is 12.1. The Bertz CT molecular complexity index is 545. The molecule has 0 unspecified atom stereocenters. The Morgan fingerprint density at radius 3 is 2.48 bits per heavy atom. The van der Waals surface area contributed by atoms with E-state index in [1.165, 1.54) is 0 Å². The van der Waals surface area contributed by atoms with Gasteiger partial charge in [0.1, 0.15) is 12.3 Å². The van der Waals surface area contributed by atoms with Crippen molar-refractivity contribution in [1.29, 1.82) is 0 Å². The molecule has 114 valence electrons. The van der Waals surface area contributed by atoms with Gasteiger partial charge in [-0.05, 0) is 24.1 Å². The third-order valence-electron chi connectivity index (χ3n) is 3.52. The first kappa shape index (κ1) is 15.2. The van der Waals surface area contributed by atoms with Gasteiger partial charge in [0.25, 0.3) is 0 Å². The van der Waals surface area contributed by atoms with Crippen molar-refractivity contribution < 1.29 is 14.3 Å². The number of ether oxygens (including phenoxy) is 1. The van der Waals surface area contributed by atoms with E-state index in [0.29, 0.717) is 24.5 Å². The largest absolute Gasteiger partial charge is 0.495 e. The van der Waals surface area contributed by atoms with Gasteiger partial charge in [-0.2, -0.15) is 0 Å². The molecule has 1 heterocycles. The molecule has 1 aliphatic rings. The van der Waals surface area contributed by atoms with Gasteiger partial charge in [0.2, 0.25) is 11.8 Å². The summed E-state index contributed by atoms with van der Waals surface area (Å²) in [7, 11) is 1.56. The summed E-state index contributed by atoms with van der Waals surface area (Å²) in [6.07, 6.45) is 0.855. The Morgan fingerprint density at radius 1 is 1.19 bits per heavy atom. The monoisotopic (exact) mass is 291 g/mol. The highest BCUT2D eigenvalue weighted by Gasteiger charge is 2.29. The van der Waals surface area contributed by atoms with Crippen LogP contribution in [0.3, 0.4) is 0 Å². The van der Waals surface area contributed by atoms with Crippen molar-refractivity contribution in [2.45, 2.75) is 19.9 Å². The molecule has 2 amide bonds. The van der Waals surface area contributed by atoms with E-state index in [-0.39, 0.29) is 24.9 Å². The Balaban J connectivity index is 2.05. The molecule has 0 radical (unpaired) electrons. The molecule has 1 saturated heterocycles. The molecule has 6 heteroatoms. The number of carbonyl (C=O) groups excluding carboxylic acids is 2. The normalized spacial score (nSPS) is 15.5. The lowest BCUT2D eigenvalue weighted by Gasteiger charge is -2.33. The van der Waals surface area contributed by atoms with Crippen LogP contribution in [-0.2, 0) is 16.1 Å². The number of hydrogen-bond donors (Lipinski definition) is 1. The molecule has 0 aliphatic carbocycles. The highest BCUT2D eigenvalue weighted by atomic mass is 16.5. The number of amides is 2. The molecule has 0 saturated carbocycles. The topological polar surface area (TPSA) is 75.9 Å². The highest BCUT2D eigenvalue weighted by Crippen LogP contribution is 2.23. The van der Waals surface area contributed by atoms with E-state index in [0.717, 1.165) is 12.0 Å². The van der Waals surface area contributed by atoms with Gasteiger partial charge in [-0.3, -0.25) is 9.59 Å². The molecule has 1 aromatic carbocycles. The Labute approximate surface area is 124 Å². The number of hydrogen-bond acceptors (Lipinski definition) is 4. The number of nitrogens with two attached hydrogens (primary N) is 1. The SMILES string of the molecule is CCCN1CC(=O)N(Cc2ccc(OC)c(N)c2)CC1=O. The lowest BCUT2D eigenvalue weighted by molar-refractivity contribution is -0.150. The second-order valence-corrected chi connectivity index (χ2v) is 5.14. The van der Waals surface area contributed by atoms with E-state index in [1.54, 1.807) is 29.0 Å². The lowest BCUT2D eigenvalue weighted by Crippen LogP contribution is -2.53. The zero-order chi connectivity index (χ0) is 15.4. The van der Waals surface area contributed by atoms with E-state index < -0.39 is 0 Å². The van der Waals surface area contributed by atoms with E-state index in [4.69, 9.17) is 10.5 Å². The zero-order valence-electron chi connectivity index (χ0n) is 12.5. The van der Waals surface area contributed by atoms with Crippen molar-refractivity contribution >= 4 is 17.5 Å². The molecule has 0 aromatic heterocycles. The van der Waals surface area contributed by atoms with Crippen molar-refractivity contribution in [3.8, 4) is 5.75 Å². The van der Waals surface area contributed by atoms with Crippen LogP contribution in [0, 0.1) is 0 Å². The van der Waals surface area contributed by atoms with Gasteiger partial charge in [-0.25, -0.2) is 0 Å². The summed E-state index contributed by atoms with van der Waals surface area (Å²) in [5, 5.41) is 0. The van der Waals surface area contributed by atoms with Gasteiger partial charge in [-0.1, -0.05) is 13.0 Å². The van der Waals surface area contributed by atoms with Crippen LogP contribution in [-0.4, -0.2) is 48.4 Å². The number of benzene rings is 1. The molecule has 2 N–H and O–H groups in total.